The first kappa shape index (κ1) is 12.5. The summed E-state index contributed by atoms with van der Waals surface area (Å²) in [5, 5.41) is 7.88. The molecule has 2 aromatic rings. The molecule has 0 spiro atoms. The lowest BCUT2D eigenvalue weighted by Gasteiger charge is -2.15. The summed E-state index contributed by atoms with van der Waals surface area (Å²) in [6.07, 6.45) is 5.08. The van der Waals surface area contributed by atoms with E-state index in [-0.39, 0.29) is 6.04 Å². The molecule has 18 heavy (non-hydrogen) atoms. The fourth-order valence-corrected chi connectivity index (χ4v) is 2.31. The van der Waals surface area contributed by atoms with Gasteiger partial charge in [-0.1, -0.05) is 0 Å². The predicted octanol–water partition coefficient (Wildman–Crippen LogP) is 2.48. The number of anilines is 1. The van der Waals surface area contributed by atoms with Crippen LogP contribution in [-0.2, 0) is 6.54 Å². The van der Waals surface area contributed by atoms with Crippen molar-refractivity contribution in [3.63, 3.8) is 0 Å². The van der Waals surface area contributed by atoms with Crippen molar-refractivity contribution in [1.29, 1.82) is 0 Å². The van der Waals surface area contributed by atoms with Crippen LogP contribution in [0.1, 0.15) is 36.8 Å². The normalized spacial score (nSPS) is 12.4. The minimum atomic E-state index is 0.169. The second-order valence-electron chi connectivity index (χ2n) is 4.36. The first-order chi connectivity index (χ1) is 8.63. The van der Waals surface area contributed by atoms with E-state index in [1.165, 1.54) is 11.3 Å². The molecule has 0 saturated carbocycles. The maximum absolute atomic E-state index is 4.53. The van der Waals surface area contributed by atoms with Crippen molar-refractivity contribution in [3.05, 3.63) is 35.5 Å². The van der Waals surface area contributed by atoms with E-state index in [9.17, 15) is 0 Å². The van der Waals surface area contributed by atoms with Gasteiger partial charge in [0.15, 0.2) is 0 Å². The summed E-state index contributed by atoms with van der Waals surface area (Å²) in [6.45, 7) is 9.26. The minimum Gasteiger partial charge on any atom is -0.362 e. The lowest BCUT2D eigenvalue weighted by Crippen LogP contribution is -2.10. The van der Waals surface area contributed by atoms with Gasteiger partial charge in [0.1, 0.15) is 5.82 Å². The Hall–Kier alpha value is -1.91. The van der Waals surface area contributed by atoms with Crippen molar-refractivity contribution in [2.75, 3.05) is 5.32 Å². The Morgan fingerprint density at radius 3 is 2.67 bits per heavy atom. The summed E-state index contributed by atoms with van der Waals surface area (Å²) >= 11 is 0. The Morgan fingerprint density at radius 2 is 2.11 bits per heavy atom. The second kappa shape index (κ2) is 5.16. The molecule has 96 valence electrons. The van der Waals surface area contributed by atoms with Crippen LogP contribution in [0.5, 0.6) is 0 Å². The highest BCUT2D eigenvalue weighted by Gasteiger charge is 2.17. The molecule has 0 bridgehead atoms. The van der Waals surface area contributed by atoms with Crippen molar-refractivity contribution in [2.45, 2.75) is 40.3 Å². The number of hydrogen-bond donors (Lipinski definition) is 1. The Balaban J connectivity index is 2.24. The molecular formula is C13H19N5. The van der Waals surface area contributed by atoms with Gasteiger partial charge in [-0.15, -0.1) is 0 Å². The standard InChI is InChI=1S/C13H19N5/c1-5-18-11(4)13(10(3)17-18)9(2)16-12-8-14-6-7-15-12/h6-9H,5H2,1-4H3,(H,15,16). The summed E-state index contributed by atoms with van der Waals surface area (Å²) in [6, 6.07) is 0.169. The largest absolute Gasteiger partial charge is 0.362 e. The van der Waals surface area contributed by atoms with E-state index >= 15 is 0 Å². The summed E-state index contributed by atoms with van der Waals surface area (Å²) in [7, 11) is 0. The van der Waals surface area contributed by atoms with E-state index in [2.05, 4.69) is 41.2 Å². The molecule has 5 heteroatoms. The molecule has 2 heterocycles. The molecule has 2 rings (SSSR count). The molecule has 0 radical (unpaired) electrons. The topological polar surface area (TPSA) is 55.6 Å². The molecule has 5 nitrogen and oxygen atoms in total. The van der Waals surface area contributed by atoms with Crippen molar-refractivity contribution < 1.29 is 0 Å². The van der Waals surface area contributed by atoms with Crippen molar-refractivity contribution in [1.82, 2.24) is 19.7 Å². The molecule has 2 aromatic heterocycles. The monoisotopic (exact) mass is 245 g/mol. The molecule has 1 unspecified atom stereocenters. The highest BCUT2D eigenvalue weighted by molar-refractivity contribution is 5.38. The van der Waals surface area contributed by atoms with Gasteiger partial charge in [-0.2, -0.15) is 5.10 Å². The van der Waals surface area contributed by atoms with Crippen molar-refractivity contribution in [3.8, 4) is 0 Å². The summed E-state index contributed by atoms with van der Waals surface area (Å²) in [4.78, 5) is 8.28. The summed E-state index contributed by atoms with van der Waals surface area (Å²) < 4.78 is 2.03. The van der Waals surface area contributed by atoms with Crippen molar-refractivity contribution in [2.24, 2.45) is 0 Å². The van der Waals surface area contributed by atoms with E-state index in [4.69, 9.17) is 0 Å². The van der Waals surface area contributed by atoms with Gasteiger partial charge >= 0.3 is 0 Å². The van der Waals surface area contributed by atoms with Gasteiger partial charge in [0.05, 0.1) is 17.9 Å². The number of hydrogen-bond acceptors (Lipinski definition) is 4. The highest BCUT2D eigenvalue weighted by Crippen LogP contribution is 2.23. The van der Waals surface area contributed by atoms with Gasteiger partial charge in [0.2, 0.25) is 0 Å². The fraction of sp³-hybridized carbons (Fsp3) is 0.462. The third-order valence-corrected chi connectivity index (χ3v) is 3.10. The van der Waals surface area contributed by atoms with Crippen LogP contribution in [-0.4, -0.2) is 19.7 Å². The lowest BCUT2D eigenvalue weighted by atomic mass is 10.1. The Bertz CT molecular complexity index is 518. The first-order valence-corrected chi connectivity index (χ1v) is 6.20. The number of rotatable bonds is 4. The highest BCUT2D eigenvalue weighted by atomic mass is 15.3. The molecule has 0 aliphatic rings. The Kier molecular flexibility index (Phi) is 3.60. The maximum Gasteiger partial charge on any atom is 0.144 e. The van der Waals surface area contributed by atoms with E-state index in [0.717, 1.165) is 18.1 Å². The lowest BCUT2D eigenvalue weighted by molar-refractivity contribution is 0.632. The SMILES string of the molecule is CCn1nc(C)c(C(C)Nc2cnccn2)c1C. The van der Waals surface area contributed by atoms with Crippen LogP contribution in [0.4, 0.5) is 5.82 Å². The number of aryl methyl sites for hydroxylation is 2. The molecule has 1 atom stereocenters. The number of aromatic nitrogens is 4. The van der Waals surface area contributed by atoms with E-state index in [1.807, 2.05) is 11.6 Å². The average Bonchev–Trinajstić information content (AvgIpc) is 2.65. The van der Waals surface area contributed by atoms with Gasteiger partial charge in [0, 0.05) is 30.2 Å². The van der Waals surface area contributed by atoms with Crippen molar-refractivity contribution >= 4 is 5.82 Å². The van der Waals surface area contributed by atoms with Crippen LogP contribution in [0.3, 0.4) is 0 Å². The van der Waals surface area contributed by atoms with Crippen LogP contribution in [0.25, 0.3) is 0 Å². The molecule has 0 aliphatic carbocycles. The smallest absolute Gasteiger partial charge is 0.144 e. The van der Waals surface area contributed by atoms with Crippen LogP contribution >= 0.6 is 0 Å². The Morgan fingerprint density at radius 1 is 1.33 bits per heavy atom. The van der Waals surface area contributed by atoms with Crippen LogP contribution in [0.2, 0.25) is 0 Å². The molecule has 0 saturated heterocycles. The molecule has 0 aromatic carbocycles. The number of nitrogens with zero attached hydrogens (tertiary/aromatic N) is 4. The predicted molar refractivity (Wildman–Crippen MR) is 71.4 cm³/mol. The molecule has 1 N–H and O–H groups in total. The molecular weight excluding hydrogens is 226 g/mol. The number of nitrogens with one attached hydrogen (secondary N) is 1. The van der Waals surface area contributed by atoms with Crippen LogP contribution in [0.15, 0.2) is 18.6 Å². The second-order valence-corrected chi connectivity index (χ2v) is 4.36. The first-order valence-electron chi connectivity index (χ1n) is 6.20. The summed E-state index contributed by atoms with van der Waals surface area (Å²) in [5.41, 5.74) is 3.51. The third kappa shape index (κ3) is 2.34. The molecule has 0 aliphatic heterocycles. The van der Waals surface area contributed by atoms with Gasteiger partial charge in [-0.3, -0.25) is 9.67 Å². The minimum absolute atomic E-state index is 0.169. The van der Waals surface area contributed by atoms with E-state index in [0.29, 0.717) is 0 Å². The zero-order valence-corrected chi connectivity index (χ0v) is 11.3. The van der Waals surface area contributed by atoms with Gasteiger partial charge < -0.3 is 5.32 Å². The van der Waals surface area contributed by atoms with Gasteiger partial charge in [0.25, 0.3) is 0 Å². The van der Waals surface area contributed by atoms with E-state index < -0.39 is 0 Å². The van der Waals surface area contributed by atoms with Gasteiger partial charge in [-0.05, 0) is 27.7 Å². The van der Waals surface area contributed by atoms with E-state index in [1.54, 1.807) is 18.6 Å². The van der Waals surface area contributed by atoms with Crippen LogP contribution in [0, 0.1) is 13.8 Å². The third-order valence-electron chi connectivity index (χ3n) is 3.10. The zero-order chi connectivity index (χ0) is 13.1. The quantitative estimate of drug-likeness (QED) is 0.899. The van der Waals surface area contributed by atoms with Gasteiger partial charge in [-0.25, -0.2) is 4.98 Å². The summed E-state index contributed by atoms with van der Waals surface area (Å²) in [5.74, 6) is 0.785. The molecule has 0 amide bonds. The Labute approximate surface area is 107 Å². The maximum atomic E-state index is 4.53. The molecule has 0 fully saturated rings. The fourth-order valence-electron chi connectivity index (χ4n) is 2.31. The van der Waals surface area contributed by atoms with Crippen LogP contribution < -0.4 is 5.32 Å². The average molecular weight is 245 g/mol. The zero-order valence-electron chi connectivity index (χ0n) is 11.3.